The quantitative estimate of drug-likeness (QED) is 0.878. The van der Waals surface area contributed by atoms with Crippen molar-refractivity contribution < 1.29 is 0 Å². The van der Waals surface area contributed by atoms with Gasteiger partial charge in [-0.25, -0.2) is 0 Å². The van der Waals surface area contributed by atoms with Gasteiger partial charge < -0.3 is 10.6 Å². The summed E-state index contributed by atoms with van der Waals surface area (Å²) in [6, 6.07) is 0. The van der Waals surface area contributed by atoms with E-state index in [0.29, 0.717) is 5.54 Å². The Morgan fingerprint density at radius 3 is 2.26 bits per heavy atom. The molecular weight excluding hydrogens is 236 g/mol. The zero-order chi connectivity index (χ0) is 13.0. The number of H-pyrrole nitrogens is 1. The van der Waals surface area contributed by atoms with Crippen molar-refractivity contribution in [2.45, 2.75) is 51.0 Å². The SMILES string of the molecule is CCN(c1cn[nH]c1N)C12CC3CC(CC(C3)C1)C2. The molecular formula is C15H24N4. The molecule has 4 bridgehead atoms. The summed E-state index contributed by atoms with van der Waals surface area (Å²) in [5.41, 5.74) is 7.58. The third kappa shape index (κ3) is 1.61. The van der Waals surface area contributed by atoms with Crippen molar-refractivity contribution >= 4 is 11.5 Å². The molecule has 0 unspecified atom stereocenters. The smallest absolute Gasteiger partial charge is 0.142 e. The summed E-state index contributed by atoms with van der Waals surface area (Å²) in [5, 5.41) is 7.03. The van der Waals surface area contributed by atoms with Gasteiger partial charge >= 0.3 is 0 Å². The second-order valence-corrected chi connectivity index (χ2v) is 7.06. The summed E-state index contributed by atoms with van der Waals surface area (Å²) in [6.07, 6.45) is 10.5. The highest BCUT2D eigenvalue weighted by Crippen LogP contribution is 2.58. The first-order valence-electron chi connectivity index (χ1n) is 7.76. The minimum absolute atomic E-state index is 0.376. The maximum absolute atomic E-state index is 6.08. The lowest BCUT2D eigenvalue weighted by atomic mass is 9.52. The maximum atomic E-state index is 6.08. The Bertz CT molecular complexity index is 443. The molecule has 4 aliphatic carbocycles. The highest BCUT2D eigenvalue weighted by Gasteiger charge is 2.53. The van der Waals surface area contributed by atoms with Gasteiger partial charge in [0.1, 0.15) is 5.82 Å². The largest absolute Gasteiger partial charge is 0.382 e. The molecule has 0 radical (unpaired) electrons. The monoisotopic (exact) mass is 260 g/mol. The van der Waals surface area contributed by atoms with Crippen molar-refractivity contribution in [1.82, 2.24) is 10.2 Å². The molecule has 104 valence electrons. The van der Waals surface area contributed by atoms with E-state index in [4.69, 9.17) is 5.73 Å². The summed E-state index contributed by atoms with van der Waals surface area (Å²) < 4.78 is 0. The molecule has 19 heavy (non-hydrogen) atoms. The van der Waals surface area contributed by atoms with E-state index in [-0.39, 0.29) is 0 Å². The average Bonchev–Trinajstić information content (AvgIpc) is 2.74. The topological polar surface area (TPSA) is 57.9 Å². The fourth-order valence-corrected chi connectivity index (χ4v) is 5.66. The number of nitrogens with one attached hydrogen (secondary N) is 1. The molecule has 1 heterocycles. The number of aromatic nitrogens is 2. The van der Waals surface area contributed by atoms with Crippen LogP contribution in [-0.2, 0) is 0 Å². The molecule has 3 N–H and O–H groups in total. The third-order valence-corrected chi connectivity index (χ3v) is 5.83. The van der Waals surface area contributed by atoms with Crippen molar-refractivity contribution in [3.63, 3.8) is 0 Å². The standard InChI is InChI=1S/C15H24N4/c1-2-19(13-9-17-18-14(13)16)15-6-10-3-11(7-15)5-12(4-10)8-15/h9-12H,2-8H2,1H3,(H3,16,17,18). The highest BCUT2D eigenvalue weighted by molar-refractivity contribution is 5.64. The highest BCUT2D eigenvalue weighted by atomic mass is 15.3. The molecule has 5 rings (SSSR count). The summed E-state index contributed by atoms with van der Waals surface area (Å²) in [6.45, 7) is 3.29. The minimum Gasteiger partial charge on any atom is -0.382 e. The Kier molecular flexibility index (Phi) is 2.39. The lowest BCUT2D eigenvalue weighted by Crippen LogP contribution is -2.60. The average molecular weight is 260 g/mol. The Labute approximate surface area is 114 Å². The number of rotatable bonds is 3. The van der Waals surface area contributed by atoms with E-state index >= 15 is 0 Å². The zero-order valence-corrected chi connectivity index (χ0v) is 11.7. The summed E-state index contributed by atoms with van der Waals surface area (Å²) in [4.78, 5) is 2.57. The summed E-state index contributed by atoms with van der Waals surface area (Å²) >= 11 is 0. The van der Waals surface area contributed by atoms with Crippen molar-refractivity contribution in [2.75, 3.05) is 17.2 Å². The first-order chi connectivity index (χ1) is 9.20. The molecule has 4 heteroatoms. The normalized spacial score (nSPS) is 39.7. The summed E-state index contributed by atoms with van der Waals surface area (Å²) in [7, 11) is 0. The van der Waals surface area contributed by atoms with Crippen LogP contribution in [0, 0.1) is 17.8 Å². The maximum Gasteiger partial charge on any atom is 0.142 e. The Morgan fingerprint density at radius 1 is 1.26 bits per heavy atom. The Balaban J connectivity index is 1.72. The van der Waals surface area contributed by atoms with Gasteiger partial charge in [0.15, 0.2) is 0 Å². The van der Waals surface area contributed by atoms with E-state index in [1.165, 1.54) is 38.5 Å². The minimum atomic E-state index is 0.376. The summed E-state index contributed by atoms with van der Waals surface area (Å²) in [5.74, 6) is 3.63. The van der Waals surface area contributed by atoms with Gasteiger partial charge in [0, 0.05) is 12.1 Å². The predicted octanol–water partition coefficient (Wildman–Crippen LogP) is 2.79. The van der Waals surface area contributed by atoms with Gasteiger partial charge in [-0.05, 0) is 63.2 Å². The van der Waals surface area contributed by atoms with Gasteiger partial charge in [-0.15, -0.1) is 0 Å². The molecule has 4 aliphatic rings. The third-order valence-electron chi connectivity index (χ3n) is 5.83. The van der Waals surface area contributed by atoms with Crippen LogP contribution in [0.4, 0.5) is 11.5 Å². The van der Waals surface area contributed by atoms with Crippen LogP contribution in [0.15, 0.2) is 6.20 Å². The fourth-order valence-electron chi connectivity index (χ4n) is 5.66. The second-order valence-electron chi connectivity index (χ2n) is 7.06. The van der Waals surface area contributed by atoms with Crippen molar-refractivity contribution in [2.24, 2.45) is 17.8 Å². The fraction of sp³-hybridized carbons (Fsp3) is 0.800. The van der Waals surface area contributed by atoms with Crippen LogP contribution in [-0.4, -0.2) is 22.3 Å². The number of nitrogens with zero attached hydrogens (tertiary/aromatic N) is 2. The first-order valence-corrected chi connectivity index (χ1v) is 7.76. The molecule has 4 saturated carbocycles. The lowest BCUT2D eigenvalue weighted by Gasteiger charge is -2.61. The molecule has 1 aromatic rings. The molecule has 0 aliphatic heterocycles. The van der Waals surface area contributed by atoms with Gasteiger partial charge in [0.2, 0.25) is 0 Å². The van der Waals surface area contributed by atoms with Gasteiger partial charge in [-0.3, -0.25) is 5.10 Å². The van der Waals surface area contributed by atoms with E-state index in [9.17, 15) is 0 Å². The molecule has 0 amide bonds. The first kappa shape index (κ1) is 11.6. The van der Waals surface area contributed by atoms with Gasteiger partial charge in [-0.2, -0.15) is 5.10 Å². The Hall–Kier alpha value is -1.19. The van der Waals surface area contributed by atoms with Crippen LogP contribution in [0.3, 0.4) is 0 Å². The van der Waals surface area contributed by atoms with E-state index in [1.54, 1.807) is 0 Å². The van der Waals surface area contributed by atoms with Crippen LogP contribution in [0.5, 0.6) is 0 Å². The van der Waals surface area contributed by atoms with E-state index in [0.717, 1.165) is 35.8 Å². The van der Waals surface area contributed by atoms with Crippen molar-refractivity contribution in [1.29, 1.82) is 0 Å². The molecule has 0 saturated heterocycles. The van der Waals surface area contributed by atoms with E-state index < -0.39 is 0 Å². The van der Waals surface area contributed by atoms with Crippen LogP contribution in [0.1, 0.15) is 45.4 Å². The van der Waals surface area contributed by atoms with Crippen LogP contribution >= 0.6 is 0 Å². The Morgan fingerprint density at radius 2 is 1.84 bits per heavy atom. The zero-order valence-electron chi connectivity index (χ0n) is 11.7. The van der Waals surface area contributed by atoms with Gasteiger partial charge in [0.05, 0.1) is 11.9 Å². The number of nitrogen functional groups attached to an aromatic ring is 1. The van der Waals surface area contributed by atoms with Crippen LogP contribution < -0.4 is 10.6 Å². The van der Waals surface area contributed by atoms with E-state index in [2.05, 4.69) is 22.0 Å². The van der Waals surface area contributed by atoms with Crippen molar-refractivity contribution in [3.05, 3.63) is 6.20 Å². The van der Waals surface area contributed by atoms with Gasteiger partial charge in [0.25, 0.3) is 0 Å². The molecule has 1 aromatic heterocycles. The number of nitrogens with two attached hydrogens (primary N) is 1. The number of anilines is 2. The second kappa shape index (κ2) is 3.90. The van der Waals surface area contributed by atoms with E-state index in [1.807, 2.05) is 6.20 Å². The predicted molar refractivity (Wildman–Crippen MR) is 76.9 cm³/mol. The number of hydrogen-bond acceptors (Lipinski definition) is 3. The van der Waals surface area contributed by atoms with Crippen molar-refractivity contribution in [3.8, 4) is 0 Å². The molecule has 0 atom stereocenters. The molecule has 0 aromatic carbocycles. The molecule has 4 nitrogen and oxygen atoms in total. The number of aromatic amines is 1. The molecule has 0 spiro atoms. The van der Waals surface area contributed by atoms with Crippen LogP contribution in [0.25, 0.3) is 0 Å². The number of hydrogen-bond donors (Lipinski definition) is 2. The van der Waals surface area contributed by atoms with Crippen LogP contribution in [0.2, 0.25) is 0 Å². The van der Waals surface area contributed by atoms with Gasteiger partial charge in [-0.1, -0.05) is 0 Å². The molecule has 4 fully saturated rings. The lowest BCUT2D eigenvalue weighted by molar-refractivity contribution is -0.00383.